The molecule has 7 amide bonds. The van der Waals surface area contributed by atoms with E-state index in [0.717, 1.165) is 11.1 Å². The van der Waals surface area contributed by atoms with Crippen molar-refractivity contribution in [3.05, 3.63) is 89.7 Å². The van der Waals surface area contributed by atoms with Crippen molar-refractivity contribution in [2.45, 2.75) is 108 Å². The van der Waals surface area contributed by atoms with Crippen LogP contribution in [0.15, 0.2) is 78.0 Å². The fourth-order valence-corrected chi connectivity index (χ4v) is 6.95. The van der Waals surface area contributed by atoms with E-state index in [4.69, 9.17) is 17.2 Å². The molecule has 4 atom stereocenters. The van der Waals surface area contributed by atoms with Gasteiger partial charge in [-0.2, -0.15) is 0 Å². The van der Waals surface area contributed by atoms with Crippen LogP contribution in [0, 0.1) is 6.92 Å². The van der Waals surface area contributed by atoms with E-state index in [1.807, 2.05) is 25.1 Å². The molecule has 23 heteroatoms. The number of unbranched alkanes of at least 4 members (excludes halogenated alkanes) is 1. The van der Waals surface area contributed by atoms with Gasteiger partial charge in [0.2, 0.25) is 29.5 Å². The number of carbonyl (C=O) groups is 9. The number of carboxylic acids is 2. The third kappa shape index (κ3) is 21.8. The van der Waals surface area contributed by atoms with Crippen LogP contribution in [-0.4, -0.2) is 118 Å². The summed E-state index contributed by atoms with van der Waals surface area (Å²) in [6, 6.07) is 12.8. The SMILES string of the molecule is Cc1ccccc1NC(=O)Nc1ccc(CC(=O)N[C@@H](CCCCNC(=O)CCc2cccnc2)C(=O)N[C@@H](CCC(=O)O)C(=O)N[C@](C=O)(CCC(=O)O)CN[C@@H](CCCN=C(N)N)C(N)=O)cc1. The van der Waals surface area contributed by atoms with Crippen molar-refractivity contribution in [2.75, 3.05) is 30.3 Å². The van der Waals surface area contributed by atoms with Crippen LogP contribution in [0.2, 0.25) is 0 Å². The third-order valence-corrected chi connectivity index (χ3v) is 10.8. The number of primary amides is 1. The van der Waals surface area contributed by atoms with Gasteiger partial charge in [-0.05, 0) is 99.2 Å². The second-order valence-electron chi connectivity index (χ2n) is 16.5. The van der Waals surface area contributed by atoms with Gasteiger partial charge in [0, 0.05) is 62.7 Å². The summed E-state index contributed by atoms with van der Waals surface area (Å²) < 4.78 is 0. The molecule has 15 N–H and O–H groups in total. The second kappa shape index (κ2) is 29.7. The molecule has 0 aliphatic heterocycles. The monoisotopic (exact) mass is 972 g/mol. The summed E-state index contributed by atoms with van der Waals surface area (Å²) >= 11 is 0. The number of hydrogen-bond donors (Lipinski definition) is 12. The molecule has 0 saturated heterocycles. The summed E-state index contributed by atoms with van der Waals surface area (Å²) in [5, 5.41) is 37.8. The van der Waals surface area contributed by atoms with Crippen molar-refractivity contribution < 1.29 is 53.4 Å². The highest BCUT2D eigenvalue weighted by atomic mass is 16.4. The molecule has 0 radical (unpaired) electrons. The number of aliphatic imine (C=N–C) groups is 1. The number of rotatable bonds is 32. The maximum Gasteiger partial charge on any atom is 0.323 e. The van der Waals surface area contributed by atoms with Crippen LogP contribution < -0.4 is 54.4 Å². The topological polar surface area (TPSA) is 382 Å². The van der Waals surface area contributed by atoms with E-state index in [0.29, 0.717) is 36.2 Å². The molecular weight excluding hydrogens is 909 g/mol. The molecule has 0 bridgehead atoms. The number of anilines is 2. The number of benzene rings is 2. The maximum absolute atomic E-state index is 14.1. The van der Waals surface area contributed by atoms with E-state index in [2.05, 4.69) is 47.2 Å². The Morgan fingerprint density at radius 1 is 0.743 bits per heavy atom. The molecule has 1 aromatic heterocycles. The average molecular weight is 973 g/mol. The van der Waals surface area contributed by atoms with Crippen LogP contribution in [0.5, 0.6) is 0 Å². The highest BCUT2D eigenvalue weighted by Crippen LogP contribution is 2.17. The molecule has 0 saturated carbocycles. The Morgan fingerprint density at radius 2 is 1.44 bits per heavy atom. The van der Waals surface area contributed by atoms with Gasteiger partial charge in [-0.1, -0.05) is 36.4 Å². The maximum atomic E-state index is 14.1. The Hall–Kier alpha value is -7.95. The van der Waals surface area contributed by atoms with Crippen molar-refractivity contribution >= 4 is 71.1 Å². The first-order valence-electron chi connectivity index (χ1n) is 22.7. The number of nitrogens with one attached hydrogen (secondary N) is 7. The first-order chi connectivity index (χ1) is 33.4. The molecule has 0 aliphatic rings. The Balaban J connectivity index is 1.78. The number of amides is 7. The Labute approximate surface area is 405 Å². The number of nitrogens with two attached hydrogens (primary N) is 3. The van der Waals surface area contributed by atoms with Crippen LogP contribution in [0.3, 0.4) is 0 Å². The number of aryl methyl sites for hydroxylation is 2. The summed E-state index contributed by atoms with van der Waals surface area (Å²) in [6.07, 6.45) is 2.87. The minimum absolute atomic E-state index is 0.00769. The zero-order valence-corrected chi connectivity index (χ0v) is 39.0. The number of hydrogen-bond acceptors (Lipinski definition) is 12. The number of urea groups is 1. The number of aldehydes is 1. The average Bonchev–Trinajstić information content (AvgIpc) is 3.31. The highest BCUT2D eigenvalue weighted by molar-refractivity contribution is 6.00. The van der Waals surface area contributed by atoms with Crippen LogP contribution in [0.1, 0.15) is 80.9 Å². The van der Waals surface area contributed by atoms with Gasteiger partial charge in [-0.15, -0.1) is 0 Å². The van der Waals surface area contributed by atoms with Crippen LogP contribution >= 0.6 is 0 Å². The summed E-state index contributed by atoms with van der Waals surface area (Å²) in [5.74, 6) is -6.40. The second-order valence-corrected chi connectivity index (χ2v) is 16.5. The fourth-order valence-electron chi connectivity index (χ4n) is 6.95. The van der Waals surface area contributed by atoms with Crippen molar-refractivity contribution in [1.82, 2.24) is 31.6 Å². The molecule has 3 aromatic rings. The van der Waals surface area contributed by atoms with Gasteiger partial charge in [0.1, 0.15) is 23.9 Å². The number of carbonyl (C=O) groups excluding carboxylic acids is 7. The van der Waals surface area contributed by atoms with Gasteiger partial charge in [0.15, 0.2) is 5.96 Å². The van der Waals surface area contributed by atoms with E-state index in [1.165, 1.54) is 0 Å². The van der Waals surface area contributed by atoms with Crippen molar-refractivity contribution in [3.8, 4) is 0 Å². The standard InChI is InChI=1S/C47H64N12O11/c1-30-8-2-3-10-34(30)58-46(70)55-33-16-13-31(14-17-33)26-39(62)56-36(11-4-5-24-52-38(61)19-15-32-9-6-23-51-27-32)43(68)57-37(18-20-40(63)64)44(69)59-47(29-60,22-21-41(65)66)28-54-35(42(48)67)12-7-25-53-45(49)50/h2-3,6,8-10,13-14,16-17,23,27,29,35-37,54H,4-5,7,11-12,15,18-22,24-26,28H2,1H3,(H2,48,67)(H,52,61)(H,56,62)(H,57,68)(H,59,69)(H,63,64)(H,65,66)(H4,49,50,53)(H2,55,58,70)/t35-,36-,37-,47+/m0/s1. The number of guanidine groups is 1. The largest absolute Gasteiger partial charge is 0.481 e. The Morgan fingerprint density at radius 3 is 2.09 bits per heavy atom. The molecule has 3 rings (SSSR count). The van der Waals surface area contributed by atoms with E-state index in [9.17, 15) is 53.4 Å². The first kappa shape index (κ1) is 56.4. The van der Waals surface area contributed by atoms with Gasteiger partial charge in [0.25, 0.3) is 0 Å². The predicted molar refractivity (Wildman–Crippen MR) is 259 cm³/mol. The number of aliphatic carboxylic acids is 2. The normalized spacial score (nSPS) is 12.9. The van der Waals surface area contributed by atoms with Crippen molar-refractivity contribution in [3.63, 3.8) is 0 Å². The molecule has 0 unspecified atom stereocenters. The van der Waals surface area contributed by atoms with Gasteiger partial charge >= 0.3 is 18.0 Å². The van der Waals surface area contributed by atoms with Crippen LogP contribution in [0.25, 0.3) is 0 Å². The molecule has 0 aliphatic carbocycles. The molecular formula is C47H64N12O11. The lowest BCUT2D eigenvalue weighted by atomic mass is 9.93. The minimum Gasteiger partial charge on any atom is -0.481 e. The van der Waals surface area contributed by atoms with Crippen LogP contribution in [-0.2, 0) is 51.2 Å². The summed E-state index contributed by atoms with van der Waals surface area (Å²) in [5.41, 5.74) is 17.6. The van der Waals surface area contributed by atoms with E-state index in [1.54, 1.807) is 54.9 Å². The summed E-state index contributed by atoms with van der Waals surface area (Å²) in [7, 11) is 0. The van der Waals surface area contributed by atoms with E-state index < -0.39 is 97.5 Å². The van der Waals surface area contributed by atoms with Gasteiger partial charge in [-0.25, -0.2) is 4.79 Å². The van der Waals surface area contributed by atoms with Gasteiger partial charge in [-0.3, -0.25) is 43.5 Å². The Bertz CT molecular complexity index is 2280. The summed E-state index contributed by atoms with van der Waals surface area (Å²) in [4.78, 5) is 123. The number of aromatic nitrogens is 1. The van der Waals surface area contributed by atoms with E-state index in [-0.39, 0.29) is 63.3 Å². The lowest BCUT2D eigenvalue weighted by Gasteiger charge is -2.33. The molecule has 2 aromatic carbocycles. The first-order valence-corrected chi connectivity index (χ1v) is 22.7. The third-order valence-electron chi connectivity index (χ3n) is 10.8. The zero-order chi connectivity index (χ0) is 51.5. The molecule has 70 heavy (non-hydrogen) atoms. The highest BCUT2D eigenvalue weighted by Gasteiger charge is 2.37. The number of para-hydroxylation sites is 1. The van der Waals surface area contributed by atoms with E-state index >= 15 is 0 Å². The number of pyridine rings is 1. The smallest absolute Gasteiger partial charge is 0.323 e. The van der Waals surface area contributed by atoms with Crippen LogP contribution in [0.4, 0.5) is 16.2 Å². The molecule has 378 valence electrons. The zero-order valence-electron chi connectivity index (χ0n) is 39.0. The van der Waals surface area contributed by atoms with Gasteiger partial charge in [0.05, 0.1) is 12.5 Å². The predicted octanol–water partition coefficient (Wildman–Crippen LogP) is 0.746. The quantitative estimate of drug-likeness (QED) is 0.0178. The lowest BCUT2D eigenvalue weighted by Crippen LogP contribution is -2.63. The summed E-state index contributed by atoms with van der Waals surface area (Å²) in [6.45, 7) is 1.73. The fraction of sp³-hybridized carbons (Fsp3) is 0.426. The molecule has 23 nitrogen and oxygen atoms in total. The van der Waals surface area contributed by atoms with Crippen molar-refractivity contribution in [1.29, 1.82) is 0 Å². The molecule has 0 fully saturated rings. The number of nitrogens with zero attached hydrogens (tertiary/aromatic N) is 2. The molecule has 0 spiro atoms. The number of carboxylic acid groups (broad SMARTS) is 2. The van der Waals surface area contributed by atoms with Gasteiger partial charge < -0.3 is 69.4 Å². The lowest BCUT2D eigenvalue weighted by molar-refractivity contribution is -0.140. The Kier molecular flexibility index (Phi) is 23.9. The minimum atomic E-state index is -2.00. The van der Waals surface area contributed by atoms with Crippen molar-refractivity contribution in [2.24, 2.45) is 22.2 Å². The molecule has 1 heterocycles.